The topological polar surface area (TPSA) is 88.6 Å². The number of thiophene rings is 1. The van der Waals surface area contributed by atoms with Crippen molar-refractivity contribution in [2.75, 3.05) is 13.2 Å². The minimum Gasteiger partial charge on any atom is -0.505 e. The van der Waals surface area contributed by atoms with Crippen LogP contribution in [0.5, 0.6) is 5.75 Å². The van der Waals surface area contributed by atoms with Crippen molar-refractivity contribution in [3.05, 3.63) is 28.8 Å². The number of esters is 2. The Hall–Kier alpha value is -2.28. The van der Waals surface area contributed by atoms with Gasteiger partial charge in [0.05, 0.1) is 30.2 Å². The fraction of sp³-hybridized carbons (Fsp3) is 0.333. The molecule has 0 fully saturated rings. The summed E-state index contributed by atoms with van der Waals surface area (Å²) in [5.74, 6) is -1.36. The van der Waals surface area contributed by atoms with Crippen LogP contribution in [0.15, 0.2) is 17.5 Å². The lowest BCUT2D eigenvalue weighted by Crippen LogP contribution is -2.12. The number of H-pyrrole nitrogens is 1. The molecule has 22 heavy (non-hydrogen) atoms. The zero-order valence-electron chi connectivity index (χ0n) is 12.3. The second-order valence-corrected chi connectivity index (χ2v) is 5.33. The average Bonchev–Trinajstić information content (AvgIpc) is 3.07. The summed E-state index contributed by atoms with van der Waals surface area (Å²) in [6.45, 7) is 3.80. The van der Waals surface area contributed by atoms with E-state index in [2.05, 4.69) is 4.98 Å². The number of carbonyl (C=O) groups is 2. The predicted molar refractivity (Wildman–Crippen MR) is 82.1 cm³/mol. The number of aromatic amines is 1. The molecule has 0 saturated heterocycles. The molecule has 0 aliphatic rings. The van der Waals surface area contributed by atoms with Gasteiger partial charge < -0.3 is 19.6 Å². The molecular formula is C15H17NO5S. The third kappa shape index (κ3) is 3.30. The summed E-state index contributed by atoms with van der Waals surface area (Å²) in [6.07, 6.45) is -0.138. The first-order valence-electron chi connectivity index (χ1n) is 6.88. The maximum Gasteiger partial charge on any atom is 0.343 e. The second-order valence-electron chi connectivity index (χ2n) is 4.38. The maximum absolute atomic E-state index is 12.1. The molecule has 0 spiro atoms. The van der Waals surface area contributed by atoms with E-state index >= 15 is 0 Å². The molecular weight excluding hydrogens is 306 g/mol. The lowest BCUT2D eigenvalue weighted by atomic mass is 10.1. The predicted octanol–water partition coefficient (Wildman–Crippen LogP) is 2.73. The van der Waals surface area contributed by atoms with E-state index in [0.29, 0.717) is 5.69 Å². The van der Waals surface area contributed by atoms with E-state index in [9.17, 15) is 14.7 Å². The highest BCUT2D eigenvalue weighted by atomic mass is 32.1. The standard InChI is InChI=1S/C15H17NO5S/c1-3-20-11(17)8-9-12(15(19)21-4-2)14(18)13(16-9)10-6-5-7-22-10/h5-7,16,18H,3-4,8H2,1-2H3. The van der Waals surface area contributed by atoms with Gasteiger partial charge >= 0.3 is 11.9 Å². The monoisotopic (exact) mass is 323 g/mol. The highest BCUT2D eigenvalue weighted by Gasteiger charge is 2.26. The summed E-state index contributed by atoms with van der Waals surface area (Å²) in [5.41, 5.74) is 0.674. The number of hydrogen-bond acceptors (Lipinski definition) is 6. The van der Waals surface area contributed by atoms with Crippen molar-refractivity contribution >= 4 is 23.3 Å². The molecule has 0 amide bonds. The highest BCUT2D eigenvalue weighted by molar-refractivity contribution is 7.13. The Bertz CT molecular complexity index is 660. The Morgan fingerprint density at radius 3 is 2.59 bits per heavy atom. The molecule has 118 valence electrons. The van der Waals surface area contributed by atoms with E-state index in [1.54, 1.807) is 19.9 Å². The molecule has 0 atom stereocenters. The Labute approximate surface area is 131 Å². The Morgan fingerprint density at radius 2 is 2.00 bits per heavy atom. The molecule has 0 aliphatic heterocycles. The van der Waals surface area contributed by atoms with Gasteiger partial charge in [-0.15, -0.1) is 11.3 Å². The molecule has 0 radical (unpaired) electrons. The van der Waals surface area contributed by atoms with Crippen molar-refractivity contribution in [2.45, 2.75) is 20.3 Å². The van der Waals surface area contributed by atoms with E-state index in [1.165, 1.54) is 11.3 Å². The lowest BCUT2D eigenvalue weighted by molar-refractivity contribution is -0.142. The van der Waals surface area contributed by atoms with E-state index in [1.807, 2.05) is 11.4 Å². The van der Waals surface area contributed by atoms with Gasteiger partial charge in [-0.25, -0.2) is 4.79 Å². The van der Waals surface area contributed by atoms with Crippen LogP contribution < -0.4 is 0 Å². The molecule has 2 heterocycles. The first-order valence-corrected chi connectivity index (χ1v) is 7.76. The third-order valence-corrected chi connectivity index (χ3v) is 3.81. The van der Waals surface area contributed by atoms with Gasteiger partial charge in [0.25, 0.3) is 0 Å². The molecule has 2 N–H and O–H groups in total. The zero-order valence-corrected chi connectivity index (χ0v) is 13.2. The van der Waals surface area contributed by atoms with Crippen molar-refractivity contribution in [3.8, 4) is 16.3 Å². The zero-order chi connectivity index (χ0) is 16.1. The number of ether oxygens (including phenoxy) is 2. The van der Waals surface area contributed by atoms with Crippen molar-refractivity contribution in [2.24, 2.45) is 0 Å². The first kappa shape index (κ1) is 16.1. The summed E-state index contributed by atoms with van der Waals surface area (Å²) >= 11 is 1.41. The van der Waals surface area contributed by atoms with Crippen molar-refractivity contribution in [3.63, 3.8) is 0 Å². The number of carbonyl (C=O) groups excluding carboxylic acids is 2. The molecule has 2 aromatic heterocycles. The van der Waals surface area contributed by atoms with Crippen LogP contribution in [-0.4, -0.2) is 35.2 Å². The quantitative estimate of drug-likeness (QED) is 0.798. The smallest absolute Gasteiger partial charge is 0.343 e. The second kappa shape index (κ2) is 7.13. The van der Waals surface area contributed by atoms with Gasteiger partial charge in [-0.05, 0) is 25.3 Å². The largest absolute Gasteiger partial charge is 0.505 e. The molecule has 0 bridgehead atoms. The van der Waals surface area contributed by atoms with Crippen LogP contribution in [0.25, 0.3) is 10.6 Å². The molecule has 2 aromatic rings. The van der Waals surface area contributed by atoms with Gasteiger partial charge in [-0.3, -0.25) is 4.79 Å². The molecule has 7 heteroatoms. The number of nitrogens with one attached hydrogen (secondary N) is 1. The van der Waals surface area contributed by atoms with Gasteiger partial charge in [0, 0.05) is 5.69 Å². The molecule has 0 aromatic carbocycles. The average molecular weight is 323 g/mol. The third-order valence-electron chi connectivity index (χ3n) is 2.92. The number of aromatic nitrogens is 1. The van der Waals surface area contributed by atoms with Crippen LogP contribution in [0.4, 0.5) is 0 Å². The van der Waals surface area contributed by atoms with Crippen LogP contribution in [0.2, 0.25) is 0 Å². The minimum atomic E-state index is -0.668. The van der Waals surface area contributed by atoms with Crippen LogP contribution >= 0.6 is 11.3 Å². The van der Waals surface area contributed by atoms with Crippen LogP contribution in [0, 0.1) is 0 Å². The van der Waals surface area contributed by atoms with Crippen LogP contribution in [-0.2, 0) is 20.7 Å². The Morgan fingerprint density at radius 1 is 1.27 bits per heavy atom. The van der Waals surface area contributed by atoms with Crippen LogP contribution in [0.3, 0.4) is 0 Å². The lowest BCUT2D eigenvalue weighted by Gasteiger charge is -2.04. The van der Waals surface area contributed by atoms with Gasteiger partial charge in [-0.2, -0.15) is 0 Å². The molecule has 6 nitrogen and oxygen atoms in total. The fourth-order valence-electron chi connectivity index (χ4n) is 2.05. The highest BCUT2D eigenvalue weighted by Crippen LogP contribution is 2.37. The van der Waals surface area contributed by atoms with Gasteiger partial charge in [0.15, 0.2) is 5.75 Å². The first-order chi connectivity index (χ1) is 10.6. The summed E-state index contributed by atoms with van der Waals surface area (Å²) in [6, 6.07) is 3.63. The van der Waals surface area contributed by atoms with Crippen molar-refractivity contribution in [1.29, 1.82) is 0 Å². The van der Waals surface area contributed by atoms with E-state index in [-0.39, 0.29) is 36.6 Å². The number of aromatic hydroxyl groups is 1. The Kier molecular flexibility index (Phi) is 5.21. The van der Waals surface area contributed by atoms with E-state index in [0.717, 1.165) is 4.88 Å². The maximum atomic E-state index is 12.1. The molecule has 0 unspecified atom stereocenters. The van der Waals surface area contributed by atoms with Gasteiger partial charge in [0.2, 0.25) is 0 Å². The summed E-state index contributed by atoms with van der Waals surface area (Å²) < 4.78 is 9.84. The molecule has 0 aliphatic carbocycles. The number of rotatable bonds is 6. The van der Waals surface area contributed by atoms with Crippen LogP contribution in [0.1, 0.15) is 29.9 Å². The summed E-state index contributed by atoms with van der Waals surface area (Å²) in [4.78, 5) is 27.4. The van der Waals surface area contributed by atoms with E-state index in [4.69, 9.17) is 9.47 Å². The number of hydrogen-bond donors (Lipinski definition) is 2. The molecule has 2 rings (SSSR count). The van der Waals surface area contributed by atoms with Gasteiger partial charge in [0.1, 0.15) is 5.56 Å². The fourth-order valence-corrected chi connectivity index (χ4v) is 2.78. The minimum absolute atomic E-state index is 0.0155. The Balaban J connectivity index is 2.43. The normalized spacial score (nSPS) is 10.5. The summed E-state index contributed by atoms with van der Waals surface area (Å²) in [5, 5.41) is 12.2. The van der Waals surface area contributed by atoms with Crippen molar-refractivity contribution in [1.82, 2.24) is 4.98 Å². The SMILES string of the molecule is CCOC(=O)Cc1[nH]c(-c2cccs2)c(O)c1C(=O)OCC. The summed E-state index contributed by atoms with van der Waals surface area (Å²) in [7, 11) is 0. The molecule has 0 saturated carbocycles. The van der Waals surface area contributed by atoms with E-state index < -0.39 is 11.9 Å². The van der Waals surface area contributed by atoms with Gasteiger partial charge in [-0.1, -0.05) is 6.07 Å². The van der Waals surface area contributed by atoms with Crippen molar-refractivity contribution < 1.29 is 24.2 Å².